The maximum Gasteiger partial charge on any atom is 0.412 e. The van der Waals surface area contributed by atoms with Crippen molar-refractivity contribution in [2.75, 3.05) is 0 Å². The zero-order valence-corrected chi connectivity index (χ0v) is 7.83. The first kappa shape index (κ1) is 9.64. The van der Waals surface area contributed by atoms with Crippen LogP contribution >= 0.6 is 15.9 Å². The number of rotatable bonds is 0. The largest absolute Gasteiger partial charge is 0.412 e. The zero-order chi connectivity index (χ0) is 9.35. The summed E-state index contributed by atoms with van der Waals surface area (Å²) in [4.78, 5) is 0. The van der Waals surface area contributed by atoms with Crippen molar-refractivity contribution >= 4 is 15.9 Å². The van der Waals surface area contributed by atoms with E-state index < -0.39 is 12.2 Å². The van der Waals surface area contributed by atoms with Crippen LogP contribution in [0.4, 0.5) is 13.2 Å². The number of nitrogens with one attached hydrogen (secondary N) is 1. The summed E-state index contributed by atoms with van der Waals surface area (Å²) >= 11 is 3.11. The van der Waals surface area contributed by atoms with Crippen molar-refractivity contribution in [3.05, 3.63) is 22.3 Å². The molecule has 1 N–H and O–H groups in total. The van der Waals surface area contributed by atoms with E-state index in [0.717, 1.165) is 6.08 Å². The van der Waals surface area contributed by atoms with Crippen molar-refractivity contribution < 1.29 is 13.2 Å². The molecular weight excluding hydrogens is 235 g/mol. The summed E-state index contributed by atoms with van der Waals surface area (Å²) < 4.78 is 36.9. The van der Waals surface area contributed by atoms with Crippen molar-refractivity contribution in [1.82, 2.24) is 5.32 Å². The van der Waals surface area contributed by atoms with Crippen molar-refractivity contribution in [3.8, 4) is 0 Å². The second kappa shape index (κ2) is 3.12. The lowest BCUT2D eigenvalue weighted by Crippen LogP contribution is -2.39. The molecule has 0 aromatic rings. The highest BCUT2D eigenvalue weighted by molar-refractivity contribution is 9.12. The quantitative estimate of drug-likeness (QED) is 0.688. The van der Waals surface area contributed by atoms with E-state index in [-0.39, 0.29) is 0 Å². The second-order valence-electron chi connectivity index (χ2n) is 2.53. The van der Waals surface area contributed by atoms with Gasteiger partial charge < -0.3 is 5.32 Å². The molecule has 12 heavy (non-hydrogen) atoms. The van der Waals surface area contributed by atoms with Gasteiger partial charge in [-0.25, -0.2) is 0 Å². The molecule has 1 unspecified atom stereocenters. The van der Waals surface area contributed by atoms with E-state index in [1.807, 2.05) is 0 Å². The highest BCUT2D eigenvalue weighted by atomic mass is 79.9. The van der Waals surface area contributed by atoms with Crippen LogP contribution < -0.4 is 5.32 Å². The highest BCUT2D eigenvalue weighted by Crippen LogP contribution is 2.27. The predicted molar refractivity (Wildman–Crippen MR) is 43.7 cm³/mol. The van der Waals surface area contributed by atoms with Gasteiger partial charge in [0.2, 0.25) is 0 Å². The summed E-state index contributed by atoms with van der Waals surface area (Å²) in [5.41, 5.74) is 0.594. The molecule has 0 spiro atoms. The summed E-state index contributed by atoms with van der Waals surface area (Å²) in [6.07, 6.45) is -1.76. The lowest BCUT2D eigenvalue weighted by atomic mass is 10.1. The van der Waals surface area contributed by atoms with Gasteiger partial charge in [0.25, 0.3) is 0 Å². The Morgan fingerprint density at radius 2 is 2.08 bits per heavy atom. The van der Waals surface area contributed by atoms with Gasteiger partial charge in [-0.15, -0.1) is 0 Å². The molecule has 1 atom stereocenters. The van der Waals surface area contributed by atoms with Crippen molar-refractivity contribution in [2.24, 2.45) is 0 Å². The monoisotopic (exact) mass is 241 g/mol. The van der Waals surface area contributed by atoms with E-state index in [2.05, 4.69) is 21.2 Å². The number of alkyl halides is 3. The third-order valence-electron chi connectivity index (χ3n) is 1.54. The van der Waals surface area contributed by atoms with Crippen LogP contribution in [-0.2, 0) is 0 Å². The second-order valence-corrected chi connectivity index (χ2v) is 3.38. The minimum atomic E-state index is -4.22. The maximum absolute atomic E-state index is 12.1. The standard InChI is InChI=1S/C7H7BrF3N/c1-4-2-6(7(9,10)11)12-3-5(4)8/h2-3,6,12H,1H3. The van der Waals surface area contributed by atoms with Gasteiger partial charge in [-0.2, -0.15) is 13.2 Å². The molecule has 0 radical (unpaired) electrons. The highest BCUT2D eigenvalue weighted by Gasteiger charge is 2.38. The zero-order valence-electron chi connectivity index (χ0n) is 6.24. The van der Waals surface area contributed by atoms with Gasteiger partial charge >= 0.3 is 6.18 Å². The molecule has 0 amide bonds. The van der Waals surface area contributed by atoms with Crippen LogP contribution in [0.1, 0.15) is 6.92 Å². The van der Waals surface area contributed by atoms with Gasteiger partial charge in [-0.1, -0.05) is 0 Å². The van der Waals surface area contributed by atoms with Gasteiger partial charge in [0.05, 0.1) is 0 Å². The van der Waals surface area contributed by atoms with Crippen molar-refractivity contribution in [3.63, 3.8) is 0 Å². The Hall–Kier alpha value is -0.450. The molecular formula is C7H7BrF3N. The molecule has 68 valence electrons. The van der Waals surface area contributed by atoms with E-state index in [1.165, 1.54) is 6.20 Å². The maximum atomic E-state index is 12.1. The Kier molecular flexibility index (Phi) is 2.51. The fourth-order valence-electron chi connectivity index (χ4n) is 0.843. The lowest BCUT2D eigenvalue weighted by molar-refractivity contribution is -0.142. The summed E-state index contributed by atoms with van der Waals surface area (Å²) in [5, 5.41) is 2.23. The first-order valence-corrected chi connectivity index (χ1v) is 4.08. The van der Waals surface area contributed by atoms with E-state index >= 15 is 0 Å². The Morgan fingerprint density at radius 3 is 2.50 bits per heavy atom. The van der Waals surface area contributed by atoms with E-state index in [0.29, 0.717) is 10.1 Å². The first-order chi connectivity index (χ1) is 5.41. The molecule has 1 aliphatic heterocycles. The molecule has 0 saturated carbocycles. The van der Waals surface area contributed by atoms with Gasteiger partial charge in [-0.3, -0.25) is 0 Å². The number of dihydropyridines is 1. The fourth-order valence-corrected chi connectivity index (χ4v) is 1.11. The fraction of sp³-hybridized carbons (Fsp3) is 0.429. The van der Waals surface area contributed by atoms with Crippen LogP contribution in [0.3, 0.4) is 0 Å². The Morgan fingerprint density at radius 1 is 1.50 bits per heavy atom. The average molecular weight is 242 g/mol. The third-order valence-corrected chi connectivity index (χ3v) is 2.39. The molecule has 1 aliphatic rings. The average Bonchev–Trinajstić information content (AvgIpc) is 1.92. The number of allylic oxidation sites excluding steroid dienone is 2. The number of halogens is 4. The normalized spacial score (nSPS) is 24.2. The molecule has 1 rings (SSSR count). The molecule has 5 heteroatoms. The van der Waals surface area contributed by atoms with Crippen LogP contribution in [-0.4, -0.2) is 12.2 Å². The minimum Gasteiger partial charge on any atom is -0.376 e. The van der Waals surface area contributed by atoms with Gasteiger partial charge in [0, 0.05) is 10.7 Å². The Balaban J connectivity index is 2.79. The van der Waals surface area contributed by atoms with Crippen LogP contribution in [0, 0.1) is 0 Å². The number of hydrogen-bond acceptors (Lipinski definition) is 1. The third kappa shape index (κ3) is 2.03. The molecule has 0 aliphatic carbocycles. The number of hydrogen-bond donors (Lipinski definition) is 1. The van der Waals surface area contributed by atoms with E-state index in [1.54, 1.807) is 6.92 Å². The van der Waals surface area contributed by atoms with Gasteiger partial charge in [0.15, 0.2) is 0 Å². The molecule has 0 fully saturated rings. The van der Waals surface area contributed by atoms with Crippen LogP contribution in [0.5, 0.6) is 0 Å². The molecule has 0 aromatic carbocycles. The molecule has 0 saturated heterocycles. The first-order valence-electron chi connectivity index (χ1n) is 3.28. The molecule has 1 nitrogen and oxygen atoms in total. The van der Waals surface area contributed by atoms with Crippen LogP contribution in [0.25, 0.3) is 0 Å². The smallest absolute Gasteiger partial charge is 0.376 e. The van der Waals surface area contributed by atoms with Crippen molar-refractivity contribution in [2.45, 2.75) is 19.1 Å². The predicted octanol–water partition coefficient (Wildman–Crippen LogP) is 2.70. The van der Waals surface area contributed by atoms with Crippen LogP contribution in [0.2, 0.25) is 0 Å². The Labute approximate surface area is 76.5 Å². The summed E-state index contributed by atoms with van der Waals surface area (Å²) in [7, 11) is 0. The minimum absolute atomic E-state index is 0.594. The van der Waals surface area contributed by atoms with Crippen molar-refractivity contribution in [1.29, 1.82) is 0 Å². The molecule has 0 bridgehead atoms. The van der Waals surface area contributed by atoms with Crippen LogP contribution in [0.15, 0.2) is 22.3 Å². The summed E-state index contributed by atoms with van der Waals surface area (Å²) in [6, 6.07) is -1.56. The summed E-state index contributed by atoms with van der Waals surface area (Å²) in [5.74, 6) is 0. The van der Waals surface area contributed by atoms with Gasteiger partial charge in [0.1, 0.15) is 6.04 Å². The summed E-state index contributed by atoms with van der Waals surface area (Å²) in [6.45, 7) is 1.63. The topological polar surface area (TPSA) is 12.0 Å². The van der Waals surface area contributed by atoms with E-state index in [9.17, 15) is 13.2 Å². The molecule has 0 aromatic heterocycles. The molecule has 1 heterocycles. The van der Waals surface area contributed by atoms with E-state index in [4.69, 9.17) is 0 Å². The Bertz CT molecular complexity index is 242. The van der Waals surface area contributed by atoms with Gasteiger partial charge in [-0.05, 0) is 34.5 Å². The SMILES string of the molecule is CC1=CC(C(F)(F)F)NC=C1Br. The lowest BCUT2D eigenvalue weighted by Gasteiger charge is -2.21.